The summed E-state index contributed by atoms with van der Waals surface area (Å²) in [6, 6.07) is 8.16. The van der Waals surface area contributed by atoms with E-state index in [1.165, 1.54) is 10.5 Å². The molecule has 0 aromatic carbocycles. The van der Waals surface area contributed by atoms with Gasteiger partial charge in [0.2, 0.25) is 0 Å². The van der Waals surface area contributed by atoms with Crippen molar-refractivity contribution in [2.45, 2.75) is 26.6 Å². The monoisotopic (exact) mass is 313 g/mol. The first kappa shape index (κ1) is 15.1. The topological polar surface area (TPSA) is 38.2 Å². The molecule has 5 heteroatoms. The van der Waals surface area contributed by atoms with E-state index in [2.05, 4.69) is 27.1 Å². The fraction of sp³-hybridized carbons (Fsp3) is 0.294. The fourth-order valence-corrected chi connectivity index (χ4v) is 3.12. The standard InChI is InChI=1S/C17H19N3OS/c1-13(2)21-11-14-3-8-19-17(9-14)20-10-16(22-12-20)15-4-6-18-7-5-15/h3-10,13H,11-12H2,1-2H3. The van der Waals surface area contributed by atoms with Crippen LogP contribution in [-0.4, -0.2) is 21.9 Å². The van der Waals surface area contributed by atoms with Gasteiger partial charge in [-0.25, -0.2) is 4.98 Å². The number of anilines is 1. The van der Waals surface area contributed by atoms with E-state index in [4.69, 9.17) is 4.74 Å². The lowest BCUT2D eigenvalue weighted by molar-refractivity contribution is 0.0657. The van der Waals surface area contributed by atoms with Gasteiger partial charge in [-0.15, -0.1) is 11.8 Å². The molecule has 0 radical (unpaired) electrons. The maximum Gasteiger partial charge on any atom is 0.133 e. The lowest BCUT2D eigenvalue weighted by Crippen LogP contribution is -2.13. The van der Waals surface area contributed by atoms with Crippen LogP contribution in [0.3, 0.4) is 0 Å². The number of nitrogens with zero attached hydrogens (tertiary/aromatic N) is 3. The molecule has 2 aromatic rings. The van der Waals surface area contributed by atoms with Gasteiger partial charge in [0, 0.05) is 29.7 Å². The van der Waals surface area contributed by atoms with Gasteiger partial charge in [-0.1, -0.05) is 0 Å². The lowest BCUT2D eigenvalue weighted by atomic mass is 10.2. The Labute approximate surface area is 135 Å². The van der Waals surface area contributed by atoms with Gasteiger partial charge in [0.15, 0.2) is 0 Å². The van der Waals surface area contributed by atoms with Crippen LogP contribution in [0.1, 0.15) is 25.0 Å². The van der Waals surface area contributed by atoms with Crippen molar-refractivity contribution in [3.8, 4) is 0 Å². The second kappa shape index (κ2) is 6.94. The molecule has 3 heterocycles. The van der Waals surface area contributed by atoms with Gasteiger partial charge in [0.25, 0.3) is 0 Å². The number of aromatic nitrogens is 2. The van der Waals surface area contributed by atoms with Crippen molar-refractivity contribution < 1.29 is 4.74 Å². The Kier molecular flexibility index (Phi) is 4.75. The van der Waals surface area contributed by atoms with Crippen molar-refractivity contribution >= 4 is 22.5 Å². The van der Waals surface area contributed by atoms with Gasteiger partial charge >= 0.3 is 0 Å². The molecule has 2 aromatic heterocycles. The molecule has 0 fully saturated rings. The van der Waals surface area contributed by atoms with Crippen molar-refractivity contribution in [2.75, 3.05) is 10.8 Å². The van der Waals surface area contributed by atoms with E-state index in [1.54, 1.807) is 0 Å². The molecule has 0 atom stereocenters. The minimum absolute atomic E-state index is 0.233. The van der Waals surface area contributed by atoms with Gasteiger partial charge in [0.1, 0.15) is 5.82 Å². The molecular weight excluding hydrogens is 294 g/mol. The minimum atomic E-state index is 0.233. The summed E-state index contributed by atoms with van der Waals surface area (Å²) in [6.45, 7) is 4.71. The molecule has 0 unspecified atom stereocenters. The van der Waals surface area contributed by atoms with Gasteiger partial charge in [-0.2, -0.15) is 0 Å². The number of hydrogen-bond acceptors (Lipinski definition) is 5. The molecule has 0 saturated carbocycles. The smallest absolute Gasteiger partial charge is 0.133 e. The molecule has 1 aliphatic rings. The predicted molar refractivity (Wildman–Crippen MR) is 91.3 cm³/mol. The Hall–Kier alpha value is -1.85. The Morgan fingerprint density at radius 3 is 2.82 bits per heavy atom. The van der Waals surface area contributed by atoms with Crippen molar-refractivity contribution in [2.24, 2.45) is 0 Å². The van der Waals surface area contributed by atoms with Crippen LogP contribution in [0.4, 0.5) is 5.82 Å². The van der Waals surface area contributed by atoms with Crippen LogP contribution >= 0.6 is 11.8 Å². The second-order valence-corrected chi connectivity index (χ2v) is 6.34. The van der Waals surface area contributed by atoms with Crippen LogP contribution in [0.5, 0.6) is 0 Å². The number of thioether (sulfide) groups is 1. The highest BCUT2D eigenvalue weighted by atomic mass is 32.2. The average Bonchev–Trinajstić information content (AvgIpc) is 3.04. The zero-order valence-electron chi connectivity index (χ0n) is 12.8. The summed E-state index contributed by atoms with van der Waals surface area (Å²) in [5, 5.41) is 0. The zero-order chi connectivity index (χ0) is 15.4. The van der Waals surface area contributed by atoms with E-state index in [-0.39, 0.29) is 6.10 Å². The van der Waals surface area contributed by atoms with Crippen molar-refractivity contribution in [1.82, 2.24) is 9.97 Å². The van der Waals surface area contributed by atoms with Crippen molar-refractivity contribution in [3.63, 3.8) is 0 Å². The van der Waals surface area contributed by atoms with E-state index in [0.717, 1.165) is 17.3 Å². The average molecular weight is 313 g/mol. The van der Waals surface area contributed by atoms with Crippen LogP contribution in [0.2, 0.25) is 0 Å². The highest BCUT2D eigenvalue weighted by molar-refractivity contribution is 8.08. The molecule has 1 aliphatic heterocycles. The van der Waals surface area contributed by atoms with E-state index in [9.17, 15) is 0 Å². The van der Waals surface area contributed by atoms with Gasteiger partial charge in [-0.05, 0) is 49.2 Å². The summed E-state index contributed by atoms with van der Waals surface area (Å²) in [7, 11) is 0. The van der Waals surface area contributed by atoms with Crippen LogP contribution in [0.15, 0.2) is 49.1 Å². The Bertz CT molecular complexity index is 658. The molecule has 0 aliphatic carbocycles. The van der Waals surface area contributed by atoms with E-state index < -0.39 is 0 Å². The van der Waals surface area contributed by atoms with Crippen LogP contribution in [-0.2, 0) is 11.3 Å². The molecular formula is C17H19N3OS. The van der Waals surface area contributed by atoms with Crippen LogP contribution < -0.4 is 4.90 Å². The first-order valence-corrected chi connectivity index (χ1v) is 8.29. The zero-order valence-corrected chi connectivity index (χ0v) is 13.6. The van der Waals surface area contributed by atoms with Gasteiger partial charge in [0.05, 0.1) is 18.6 Å². The molecule has 0 bridgehead atoms. The quantitative estimate of drug-likeness (QED) is 0.836. The highest BCUT2D eigenvalue weighted by Crippen LogP contribution is 2.35. The summed E-state index contributed by atoms with van der Waals surface area (Å²) in [5.74, 6) is 1.83. The molecule has 114 valence electrons. The highest BCUT2D eigenvalue weighted by Gasteiger charge is 2.17. The number of hydrogen-bond donors (Lipinski definition) is 0. The van der Waals surface area contributed by atoms with Crippen molar-refractivity contribution in [1.29, 1.82) is 0 Å². The summed E-state index contributed by atoms with van der Waals surface area (Å²) in [6.07, 6.45) is 7.87. The summed E-state index contributed by atoms with van der Waals surface area (Å²) >= 11 is 1.81. The Balaban J connectivity index is 1.75. The van der Waals surface area contributed by atoms with E-state index in [1.807, 2.05) is 62.4 Å². The lowest BCUT2D eigenvalue weighted by Gasteiger charge is -2.14. The third kappa shape index (κ3) is 3.67. The molecule has 0 spiro atoms. The minimum Gasteiger partial charge on any atom is -0.374 e. The molecule has 0 amide bonds. The number of rotatable bonds is 5. The van der Waals surface area contributed by atoms with Gasteiger partial charge < -0.3 is 9.64 Å². The first-order chi connectivity index (χ1) is 10.7. The third-order valence-corrected chi connectivity index (χ3v) is 4.34. The predicted octanol–water partition coefficient (Wildman–Crippen LogP) is 3.91. The number of pyridine rings is 2. The summed E-state index contributed by atoms with van der Waals surface area (Å²) in [5.41, 5.74) is 2.34. The molecule has 3 rings (SSSR count). The van der Waals surface area contributed by atoms with Crippen molar-refractivity contribution in [3.05, 3.63) is 60.2 Å². The molecule has 0 saturated heterocycles. The van der Waals surface area contributed by atoms with Gasteiger partial charge in [-0.3, -0.25) is 4.98 Å². The maximum absolute atomic E-state index is 5.66. The summed E-state index contributed by atoms with van der Waals surface area (Å²) < 4.78 is 5.66. The van der Waals surface area contributed by atoms with E-state index in [0.29, 0.717) is 6.61 Å². The maximum atomic E-state index is 5.66. The SMILES string of the molecule is CC(C)OCc1ccnc(N2C=C(c3ccncc3)SC2)c1. The number of ether oxygens (including phenoxy) is 1. The molecule has 4 nitrogen and oxygen atoms in total. The summed E-state index contributed by atoms with van der Waals surface area (Å²) in [4.78, 5) is 12.0. The Morgan fingerprint density at radius 2 is 2.05 bits per heavy atom. The molecule has 22 heavy (non-hydrogen) atoms. The first-order valence-electron chi connectivity index (χ1n) is 7.30. The Morgan fingerprint density at radius 1 is 1.23 bits per heavy atom. The normalized spacial score (nSPS) is 14.5. The van der Waals surface area contributed by atoms with E-state index >= 15 is 0 Å². The molecule has 0 N–H and O–H groups in total. The van der Waals surface area contributed by atoms with Crippen LogP contribution in [0.25, 0.3) is 4.91 Å². The third-order valence-electron chi connectivity index (χ3n) is 3.28. The second-order valence-electron chi connectivity index (χ2n) is 5.35. The fourth-order valence-electron chi connectivity index (χ4n) is 2.13. The largest absolute Gasteiger partial charge is 0.374 e. The van der Waals surface area contributed by atoms with Crippen LogP contribution in [0, 0.1) is 0 Å².